The molecular weight excluding hydrogens is 188 g/mol. The van der Waals surface area contributed by atoms with Gasteiger partial charge < -0.3 is 0 Å². The van der Waals surface area contributed by atoms with Gasteiger partial charge in [0.15, 0.2) is 0 Å². The van der Waals surface area contributed by atoms with Crippen LogP contribution in [-0.4, -0.2) is 4.32 Å². The average molecular weight is 199 g/mol. The summed E-state index contributed by atoms with van der Waals surface area (Å²) in [5, 5.41) is 0. The monoisotopic (exact) mass is 198 g/mol. The molecule has 1 aliphatic rings. The largest absolute Gasteiger partial charge is 0.0765 e. The molecule has 1 atom stereocenters. The number of alkyl halides is 1. The van der Waals surface area contributed by atoms with Crippen molar-refractivity contribution in [1.29, 1.82) is 0 Å². The van der Waals surface area contributed by atoms with Gasteiger partial charge in [0.05, 0.1) is 4.32 Å². The lowest BCUT2D eigenvalue weighted by atomic mass is 10.1. The van der Waals surface area contributed by atoms with E-state index in [-0.39, 0.29) is 4.32 Å². The highest BCUT2D eigenvalue weighted by Crippen LogP contribution is 2.23. The molecule has 54 valence electrons. The first-order chi connectivity index (χ1) is 4.60. The van der Waals surface area contributed by atoms with Gasteiger partial charge in [0, 0.05) is 0 Å². The van der Waals surface area contributed by atoms with E-state index >= 15 is 0 Å². The summed E-state index contributed by atoms with van der Waals surface area (Å²) in [5.41, 5.74) is 1.29. The van der Waals surface area contributed by atoms with E-state index in [4.69, 9.17) is 0 Å². The van der Waals surface area contributed by atoms with Crippen molar-refractivity contribution in [2.24, 2.45) is 0 Å². The molecule has 0 fully saturated rings. The third-order valence-electron chi connectivity index (χ3n) is 1.45. The minimum Gasteiger partial charge on any atom is -0.0765 e. The zero-order valence-electron chi connectivity index (χ0n) is 6.26. The number of rotatable bonds is 0. The fraction of sp³-hybridized carbons (Fsp3) is 0.333. The Kier molecular flexibility index (Phi) is 2.14. The zero-order chi connectivity index (χ0) is 7.61. The maximum absolute atomic E-state index is 3.56. The van der Waals surface area contributed by atoms with Crippen LogP contribution in [-0.2, 0) is 0 Å². The first kappa shape index (κ1) is 7.80. The van der Waals surface area contributed by atoms with Crippen molar-refractivity contribution >= 4 is 15.9 Å². The number of halogens is 1. The molecule has 1 aliphatic carbocycles. The van der Waals surface area contributed by atoms with Crippen molar-refractivity contribution in [1.82, 2.24) is 0 Å². The molecule has 0 saturated carbocycles. The zero-order valence-corrected chi connectivity index (χ0v) is 7.85. The second kappa shape index (κ2) is 2.75. The lowest BCUT2D eigenvalue weighted by molar-refractivity contribution is 1.03. The molecule has 0 radical (unpaired) electrons. The maximum atomic E-state index is 3.56. The van der Waals surface area contributed by atoms with Gasteiger partial charge in [0.1, 0.15) is 0 Å². The quantitative estimate of drug-likeness (QED) is 0.525. The van der Waals surface area contributed by atoms with Gasteiger partial charge in [-0.05, 0) is 13.8 Å². The maximum Gasteiger partial charge on any atom is 0.0594 e. The number of hydrogen-bond acceptors (Lipinski definition) is 0. The van der Waals surface area contributed by atoms with Gasteiger partial charge in [-0.2, -0.15) is 0 Å². The van der Waals surface area contributed by atoms with Crippen LogP contribution < -0.4 is 0 Å². The van der Waals surface area contributed by atoms with Gasteiger partial charge in [0.2, 0.25) is 0 Å². The molecule has 0 aromatic heterocycles. The number of hydrogen-bond donors (Lipinski definition) is 0. The highest BCUT2D eigenvalue weighted by atomic mass is 79.9. The molecule has 0 amide bonds. The molecule has 0 bridgehead atoms. The van der Waals surface area contributed by atoms with E-state index in [0.29, 0.717) is 0 Å². The highest BCUT2D eigenvalue weighted by molar-refractivity contribution is 9.10. The van der Waals surface area contributed by atoms with Crippen LogP contribution in [0, 0.1) is 0 Å². The molecule has 0 aromatic carbocycles. The Bertz CT molecular complexity index is 207. The molecule has 0 heterocycles. The molecule has 0 spiro atoms. The van der Waals surface area contributed by atoms with E-state index in [9.17, 15) is 0 Å². The van der Waals surface area contributed by atoms with Crippen LogP contribution in [0.1, 0.15) is 13.8 Å². The van der Waals surface area contributed by atoms with E-state index in [2.05, 4.69) is 60.2 Å². The van der Waals surface area contributed by atoms with E-state index < -0.39 is 0 Å². The third-order valence-corrected chi connectivity index (χ3v) is 1.98. The second-order valence-electron chi connectivity index (χ2n) is 2.75. The highest BCUT2D eigenvalue weighted by Gasteiger charge is 2.11. The summed E-state index contributed by atoms with van der Waals surface area (Å²) in [6.45, 7) is 4.21. The van der Waals surface area contributed by atoms with Gasteiger partial charge in [-0.15, -0.1) is 0 Å². The predicted octanol–water partition coefficient (Wildman–Crippen LogP) is 3.21. The Morgan fingerprint density at radius 3 is 2.80 bits per heavy atom. The van der Waals surface area contributed by atoms with Crippen LogP contribution >= 0.6 is 15.9 Å². The first-order valence-corrected chi connectivity index (χ1v) is 4.14. The van der Waals surface area contributed by atoms with E-state index in [0.717, 1.165) is 0 Å². The third kappa shape index (κ3) is 2.14. The van der Waals surface area contributed by atoms with Gasteiger partial charge in [-0.25, -0.2) is 0 Å². The van der Waals surface area contributed by atoms with E-state index in [1.807, 2.05) is 0 Å². The minimum absolute atomic E-state index is 0.0429. The van der Waals surface area contributed by atoms with Gasteiger partial charge in [-0.1, -0.05) is 51.9 Å². The van der Waals surface area contributed by atoms with E-state index in [1.165, 1.54) is 5.57 Å². The Balaban J connectivity index is 2.88. The summed E-state index contributed by atoms with van der Waals surface area (Å²) in [6, 6.07) is 0. The molecule has 1 heteroatoms. The molecule has 10 heavy (non-hydrogen) atoms. The summed E-state index contributed by atoms with van der Waals surface area (Å²) in [4.78, 5) is 0. The summed E-state index contributed by atoms with van der Waals surface area (Å²) in [5.74, 6) is 0. The van der Waals surface area contributed by atoms with Crippen molar-refractivity contribution < 1.29 is 0 Å². The SMILES string of the molecule is CC1=CC=CC(C)(Br)C=C1. The van der Waals surface area contributed by atoms with Crippen molar-refractivity contribution in [2.75, 3.05) is 0 Å². The fourth-order valence-corrected chi connectivity index (χ4v) is 1.08. The first-order valence-electron chi connectivity index (χ1n) is 3.34. The van der Waals surface area contributed by atoms with E-state index in [1.54, 1.807) is 0 Å². The second-order valence-corrected chi connectivity index (χ2v) is 4.46. The van der Waals surface area contributed by atoms with Crippen molar-refractivity contribution in [2.45, 2.75) is 18.2 Å². The van der Waals surface area contributed by atoms with Gasteiger partial charge in [-0.3, -0.25) is 0 Å². The minimum atomic E-state index is 0.0429. The molecule has 0 N–H and O–H groups in total. The number of allylic oxidation sites excluding steroid dienone is 6. The lowest BCUT2D eigenvalue weighted by Gasteiger charge is -2.09. The van der Waals surface area contributed by atoms with Gasteiger partial charge >= 0.3 is 0 Å². The molecule has 0 aromatic rings. The topological polar surface area (TPSA) is 0 Å². The summed E-state index contributed by atoms with van der Waals surface area (Å²) >= 11 is 3.56. The average Bonchev–Trinajstić information content (AvgIpc) is 1.94. The standard InChI is InChI=1S/C9H11Br/c1-8-4-3-6-9(2,10)7-5-8/h3-7H,1-2H3. The molecular formula is C9H11Br. The fourth-order valence-electron chi connectivity index (χ4n) is 0.794. The normalized spacial score (nSPS) is 31.7. The smallest absolute Gasteiger partial charge is 0.0594 e. The van der Waals surface area contributed by atoms with Crippen LogP contribution in [0.3, 0.4) is 0 Å². The Morgan fingerprint density at radius 1 is 1.40 bits per heavy atom. The molecule has 0 nitrogen and oxygen atoms in total. The Hall–Kier alpha value is -0.300. The molecule has 0 aliphatic heterocycles. The van der Waals surface area contributed by atoms with Crippen LogP contribution in [0.15, 0.2) is 36.0 Å². The Morgan fingerprint density at radius 2 is 2.10 bits per heavy atom. The van der Waals surface area contributed by atoms with Crippen LogP contribution in [0.2, 0.25) is 0 Å². The summed E-state index contributed by atoms with van der Waals surface area (Å²) in [6.07, 6.45) is 10.6. The summed E-state index contributed by atoms with van der Waals surface area (Å²) < 4.78 is 0.0429. The van der Waals surface area contributed by atoms with Crippen LogP contribution in [0.4, 0.5) is 0 Å². The predicted molar refractivity (Wildman–Crippen MR) is 49.4 cm³/mol. The molecule has 1 rings (SSSR count). The molecule has 0 saturated heterocycles. The van der Waals surface area contributed by atoms with Crippen molar-refractivity contribution in [3.05, 3.63) is 36.0 Å². The van der Waals surface area contributed by atoms with Crippen molar-refractivity contribution in [3.8, 4) is 0 Å². The van der Waals surface area contributed by atoms with Crippen LogP contribution in [0.5, 0.6) is 0 Å². The van der Waals surface area contributed by atoms with Crippen LogP contribution in [0.25, 0.3) is 0 Å². The summed E-state index contributed by atoms with van der Waals surface area (Å²) in [7, 11) is 0. The van der Waals surface area contributed by atoms with Crippen molar-refractivity contribution in [3.63, 3.8) is 0 Å². The lowest BCUT2D eigenvalue weighted by Crippen LogP contribution is -2.04. The molecule has 1 unspecified atom stereocenters. The van der Waals surface area contributed by atoms with Gasteiger partial charge in [0.25, 0.3) is 0 Å². The Labute approximate surface area is 70.5 Å².